The van der Waals surface area contributed by atoms with Gasteiger partial charge in [-0.3, -0.25) is 19.7 Å². The molecule has 1 spiro atoms. The molecule has 190 valence electrons. The molecule has 4 aliphatic rings. The highest BCUT2D eigenvalue weighted by molar-refractivity contribution is 7.99. The van der Waals surface area contributed by atoms with Crippen molar-refractivity contribution in [1.29, 1.82) is 0 Å². The van der Waals surface area contributed by atoms with Crippen LogP contribution in [-0.4, -0.2) is 65.7 Å². The van der Waals surface area contributed by atoms with Crippen LogP contribution in [0.4, 0.5) is 0 Å². The molecule has 1 aliphatic carbocycles. The van der Waals surface area contributed by atoms with Crippen LogP contribution in [-0.2, 0) is 14.4 Å². The van der Waals surface area contributed by atoms with Crippen LogP contribution < -0.4 is 26.4 Å². The van der Waals surface area contributed by atoms with Gasteiger partial charge in [-0.1, -0.05) is 31.0 Å². The average Bonchev–Trinajstić information content (AvgIpc) is 3.43. The third kappa shape index (κ3) is 4.51. The van der Waals surface area contributed by atoms with Crippen LogP contribution >= 0.6 is 11.8 Å². The quantitative estimate of drug-likeness (QED) is 0.447. The Balaban J connectivity index is 1.42. The van der Waals surface area contributed by atoms with Crippen molar-refractivity contribution in [2.45, 2.75) is 74.6 Å². The van der Waals surface area contributed by atoms with E-state index in [1.54, 1.807) is 23.7 Å². The van der Waals surface area contributed by atoms with Gasteiger partial charge in [-0.15, -0.1) is 11.8 Å². The van der Waals surface area contributed by atoms with E-state index >= 15 is 0 Å². The lowest BCUT2D eigenvalue weighted by Gasteiger charge is -2.37. The van der Waals surface area contributed by atoms with E-state index in [0.29, 0.717) is 19.4 Å². The van der Waals surface area contributed by atoms with Gasteiger partial charge in [-0.25, -0.2) is 0 Å². The third-order valence-electron chi connectivity index (χ3n) is 8.05. The predicted molar refractivity (Wildman–Crippen MR) is 133 cm³/mol. The molecule has 5 atom stereocenters. The number of para-hydroxylation sites is 1. The minimum atomic E-state index is -0.887. The number of nitrogens with two attached hydrogens (primary N) is 1. The van der Waals surface area contributed by atoms with E-state index in [1.165, 1.54) is 0 Å². The number of thioether (sulfide) groups is 1. The Hall–Kier alpha value is -2.30. The summed E-state index contributed by atoms with van der Waals surface area (Å²) in [4.78, 5) is 42.1. The fourth-order valence-corrected chi connectivity index (χ4v) is 7.76. The number of ether oxygens (including phenoxy) is 1. The van der Waals surface area contributed by atoms with Gasteiger partial charge in [0.25, 0.3) is 5.91 Å². The molecule has 3 amide bonds. The summed E-state index contributed by atoms with van der Waals surface area (Å²) in [6.45, 7) is 0.540. The van der Waals surface area contributed by atoms with Crippen LogP contribution in [0.15, 0.2) is 24.3 Å². The normalized spacial score (nSPS) is 30.1. The smallest absolute Gasteiger partial charge is 0.252 e. The maximum absolute atomic E-state index is 14.0. The number of hydrogen-bond acceptors (Lipinski definition) is 7. The molecule has 0 unspecified atom stereocenters. The average molecular weight is 502 g/mol. The summed E-state index contributed by atoms with van der Waals surface area (Å²) in [5.74, 6) is 0.861. The van der Waals surface area contributed by atoms with E-state index in [2.05, 4.69) is 16.0 Å². The number of amides is 3. The minimum Gasteiger partial charge on any atom is -0.493 e. The van der Waals surface area contributed by atoms with E-state index < -0.39 is 24.2 Å². The van der Waals surface area contributed by atoms with Crippen molar-refractivity contribution >= 4 is 29.5 Å². The molecular weight excluding hydrogens is 466 g/mol. The van der Waals surface area contributed by atoms with Crippen molar-refractivity contribution in [2.24, 2.45) is 11.1 Å². The van der Waals surface area contributed by atoms with Crippen molar-refractivity contribution in [2.75, 3.05) is 19.4 Å². The highest BCUT2D eigenvalue weighted by Crippen LogP contribution is 2.55. The van der Waals surface area contributed by atoms with Gasteiger partial charge in [0, 0.05) is 17.4 Å². The van der Waals surface area contributed by atoms with Gasteiger partial charge in [0.2, 0.25) is 11.8 Å². The van der Waals surface area contributed by atoms with Crippen LogP contribution in [0.5, 0.6) is 5.75 Å². The molecule has 0 radical (unpaired) electrons. The van der Waals surface area contributed by atoms with E-state index in [1.807, 2.05) is 24.3 Å². The summed E-state index contributed by atoms with van der Waals surface area (Å²) >= 11 is 1.73. The van der Waals surface area contributed by atoms with Crippen LogP contribution in [0, 0.1) is 5.41 Å². The van der Waals surface area contributed by atoms with Crippen molar-refractivity contribution in [3.05, 3.63) is 29.8 Å². The number of fused-ring (bicyclic) bond motifs is 2. The zero-order chi connectivity index (χ0) is 24.6. The fraction of sp³-hybridized carbons (Fsp3) is 0.640. The second-order valence-corrected chi connectivity index (χ2v) is 11.4. The SMILES string of the molecule is CN[C@@H](N)C(=O)N[C@H]1CCS[C@H]2CC3(CCCC3)[C@@H](C(=O)N[C@@H]3CCOc4ccccc43)N2C1=O. The molecule has 10 heteroatoms. The Morgan fingerprint density at radius 2 is 1.94 bits per heavy atom. The molecule has 3 aliphatic heterocycles. The van der Waals surface area contributed by atoms with Crippen LogP contribution in [0.2, 0.25) is 0 Å². The van der Waals surface area contributed by atoms with Crippen molar-refractivity contribution < 1.29 is 19.1 Å². The first-order valence-corrected chi connectivity index (χ1v) is 13.7. The fourth-order valence-electron chi connectivity index (χ4n) is 6.28. The third-order valence-corrected chi connectivity index (χ3v) is 9.30. The van der Waals surface area contributed by atoms with E-state index in [4.69, 9.17) is 10.5 Å². The maximum atomic E-state index is 14.0. The summed E-state index contributed by atoms with van der Waals surface area (Å²) in [7, 11) is 1.60. The number of hydrogen-bond donors (Lipinski definition) is 4. The lowest BCUT2D eigenvalue weighted by Crippen LogP contribution is -2.59. The summed E-state index contributed by atoms with van der Waals surface area (Å²) in [6, 6.07) is 6.43. The zero-order valence-corrected chi connectivity index (χ0v) is 20.9. The molecule has 9 nitrogen and oxygen atoms in total. The number of rotatable bonds is 5. The molecule has 3 heterocycles. The molecule has 5 rings (SSSR count). The molecule has 1 aromatic carbocycles. The van der Waals surface area contributed by atoms with Crippen LogP contribution in [0.1, 0.15) is 56.6 Å². The van der Waals surface area contributed by atoms with E-state index in [9.17, 15) is 14.4 Å². The first-order chi connectivity index (χ1) is 16.9. The lowest BCUT2D eigenvalue weighted by atomic mass is 9.78. The van der Waals surface area contributed by atoms with Gasteiger partial charge < -0.3 is 26.0 Å². The molecule has 0 bridgehead atoms. The van der Waals surface area contributed by atoms with Gasteiger partial charge in [-0.05, 0) is 44.6 Å². The topological polar surface area (TPSA) is 126 Å². The molecule has 3 fully saturated rings. The number of nitrogens with zero attached hydrogens (tertiary/aromatic N) is 1. The standard InChI is InChI=1S/C25H35N5O4S/c1-27-21(26)23(32)29-17-9-13-35-19-14-25(10-4-5-11-25)20(30(19)24(17)33)22(31)28-16-8-12-34-18-7-3-2-6-15(16)18/h2-3,6-7,16-17,19-21,27H,4-5,8-14,26H2,1H3,(H,28,31)(H,29,32)/t16-,17+,19+,20-,21-/m1/s1. The minimum absolute atomic E-state index is 0.0572. The summed E-state index contributed by atoms with van der Waals surface area (Å²) in [6.07, 6.45) is 5.17. The Morgan fingerprint density at radius 1 is 1.17 bits per heavy atom. The van der Waals surface area contributed by atoms with Crippen molar-refractivity contribution in [3.8, 4) is 5.75 Å². The molecule has 35 heavy (non-hydrogen) atoms. The van der Waals surface area contributed by atoms with Gasteiger partial charge in [0.05, 0.1) is 18.0 Å². The maximum Gasteiger partial charge on any atom is 0.252 e. The van der Waals surface area contributed by atoms with Crippen molar-refractivity contribution in [1.82, 2.24) is 20.9 Å². The Bertz CT molecular complexity index is 984. The summed E-state index contributed by atoms with van der Waals surface area (Å²) in [5.41, 5.74) is 6.57. The molecule has 2 saturated heterocycles. The van der Waals surface area contributed by atoms with Gasteiger partial charge in [0.1, 0.15) is 24.0 Å². The number of carbonyl (C=O) groups is 3. The molecule has 0 aromatic heterocycles. The summed E-state index contributed by atoms with van der Waals surface area (Å²) in [5, 5.41) is 8.77. The largest absolute Gasteiger partial charge is 0.493 e. The Labute approximate surface area is 210 Å². The highest BCUT2D eigenvalue weighted by atomic mass is 32.2. The van der Waals surface area contributed by atoms with Crippen LogP contribution in [0.3, 0.4) is 0 Å². The van der Waals surface area contributed by atoms with Gasteiger partial charge in [-0.2, -0.15) is 0 Å². The Kier molecular flexibility index (Phi) is 6.96. The second-order valence-electron chi connectivity index (χ2n) is 10.1. The van der Waals surface area contributed by atoms with Gasteiger partial charge in [0.15, 0.2) is 0 Å². The van der Waals surface area contributed by atoms with E-state index in [-0.39, 0.29) is 28.6 Å². The van der Waals surface area contributed by atoms with Crippen LogP contribution in [0.25, 0.3) is 0 Å². The number of carbonyl (C=O) groups excluding carboxylic acids is 3. The molecule has 5 N–H and O–H groups in total. The molecular formula is C25H35N5O4S. The number of nitrogens with one attached hydrogen (secondary N) is 3. The summed E-state index contributed by atoms with van der Waals surface area (Å²) < 4.78 is 5.78. The predicted octanol–water partition coefficient (Wildman–Crippen LogP) is 1.24. The first kappa shape index (κ1) is 24.4. The van der Waals surface area contributed by atoms with Crippen molar-refractivity contribution in [3.63, 3.8) is 0 Å². The molecule has 1 saturated carbocycles. The lowest BCUT2D eigenvalue weighted by molar-refractivity contribution is -0.144. The zero-order valence-electron chi connectivity index (χ0n) is 20.1. The first-order valence-electron chi connectivity index (χ1n) is 12.6. The Morgan fingerprint density at radius 3 is 2.71 bits per heavy atom. The van der Waals surface area contributed by atoms with Gasteiger partial charge >= 0.3 is 0 Å². The monoisotopic (exact) mass is 501 g/mol. The number of likely N-dealkylation sites (N-methyl/N-ethyl adjacent to an activating group) is 1. The number of benzene rings is 1. The second kappa shape index (κ2) is 9.99. The molecule has 1 aromatic rings. The highest BCUT2D eigenvalue weighted by Gasteiger charge is 2.59. The van der Waals surface area contributed by atoms with E-state index in [0.717, 1.165) is 49.2 Å².